The Morgan fingerprint density at radius 2 is 1.81 bits per heavy atom. The van der Waals surface area contributed by atoms with E-state index in [1.165, 1.54) is 9.47 Å². The number of carbonyl (C=O) groups is 1. The summed E-state index contributed by atoms with van der Waals surface area (Å²) in [5, 5.41) is 8.90. The molecule has 27 heavy (non-hydrogen) atoms. The molecule has 1 N–H and O–H groups in total. The number of fused-ring (bicyclic) bond motifs is 1. The predicted molar refractivity (Wildman–Crippen MR) is 94.2 cm³/mol. The monoisotopic (exact) mass is 398 g/mol. The quantitative estimate of drug-likeness (QED) is 0.843. The highest BCUT2D eigenvalue weighted by molar-refractivity contribution is 7.91. The fourth-order valence-electron chi connectivity index (χ4n) is 3.45. The largest absolute Gasteiger partial charge is 0.477 e. The van der Waals surface area contributed by atoms with E-state index in [1.807, 2.05) is 0 Å². The summed E-state index contributed by atoms with van der Waals surface area (Å²) >= 11 is 0. The van der Waals surface area contributed by atoms with Crippen LogP contribution in [0.3, 0.4) is 0 Å². The number of halogens is 2. The van der Waals surface area contributed by atoms with Gasteiger partial charge in [-0.05, 0) is 18.9 Å². The van der Waals surface area contributed by atoms with Crippen molar-refractivity contribution in [3.05, 3.63) is 39.7 Å². The Bertz CT molecular complexity index is 1120. The Hall–Kier alpha value is -2.49. The number of sulfone groups is 1. The molecule has 1 saturated heterocycles. The van der Waals surface area contributed by atoms with Gasteiger partial charge in [-0.1, -0.05) is 0 Å². The first-order valence-electron chi connectivity index (χ1n) is 8.45. The van der Waals surface area contributed by atoms with Crippen molar-refractivity contribution in [1.29, 1.82) is 0 Å². The summed E-state index contributed by atoms with van der Waals surface area (Å²) in [6.45, 7) is -0.106. The zero-order chi connectivity index (χ0) is 19.5. The maximum atomic E-state index is 15.3. The van der Waals surface area contributed by atoms with Crippen LogP contribution in [0.5, 0.6) is 0 Å². The van der Waals surface area contributed by atoms with E-state index < -0.39 is 38.4 Å². The summed E-state index contributed by atoms with van der Waals surface area (Å²) in [7, 11) is -3.23. The average Bonchev–Trinajstić information content (AvgIpc) is 3.41. The van der Waals surface area contributed by atoms with E-state index in [0.29, 0.717) is 12.8 Å². The van der Waals surface area contributed by atoms with Gasteiger partial charge in [0, 0.05) is 25.3 Å². The number of aromatic nitrogens is 1. The van der Waals surface area contributed by atoms with Gasteiger partial charge >= 0.3 is 5.97 Å². The van der Waals surface area contributed by atoms with Crippen LogP contribution in [0.25, 0.3) is 10.9 Å². The average molecular weight is 398 g/mol. The van der Waals surface area contributed by atoms with Crippen LogP contribution in [0.1, 0.15) is 29.2 Å². The standard InChI is InChI=1S/C17H16F2N2O5S/c18-12-7-10-14(13(19)15(12)20-3-5-27(25,26)6-4-20)21(9-1-2-9)8-11(16(10)22)17(23)24/h7-9H,1-6H2,(H,23,24). The molecule has 4 rings (SSSR count). The van der Waals surface area contributed by atoms with E-state index >= 15 is 4.39 Å². The van der Waals surface area contributed by atoms with Crippen molar-refractivity contribution in [2.45, 2.75) is 18.9 Å². The summed E-state index contributed by atoms with van der Waals surface area (Å²) in [6.07, 6.45) is 2.51. The Morgan fingerprint density at radius 1 is 1.19 bits per heavy atom. The topological polar surface area (TPSA) is 96.7 Å². The number of rotatable bonds is 3. The maximum Gasteiger partial charge on any atom is 0.341 e. The molecular formula is C17H16F2N2O5S. The molecule has 0 spiro atoms. The number of carboxylic acid groups (broad SMARTS) is 1. The molecule has 1 aliphatic heterocycles. The summed E-state index contributed by atoms with van der Waals surface area (Å²) in [5.74, 6) is -3.86. The van der Waals surface area contributed by atoms with Gasteiger partial charge in [0.05, 0.1) is 22.4 Å². The zero-order valence-electron chi connectivity index (χ0n) is 14.1. The molecule has 0 unspecified atom stereocenters. The van der Waals surface area contributed by atoms with Gasteiger partial charge < -0.3 is 14.6 Å². The molecule has 1 saturated carbocycles. The fraction of sp³-hybridized carbons (Fsp3) is 0.412. The van der Waals surface area contributed by atoms with E-state index in [2.05, 4.69) is 0 Å². The molecular weight excluding hydrogens is 382 g/mol. The van der Waals surface area contributed by atoms with Crippen LogP contribution in [0.4, 0.5) is 14.5 Å². The minimum absolute atomic E-state index is 0.0530. The number of anilines is 1. The molecule has 0 bridgehead atoms. The fourth-order valence-corrected chi connectivity index (χ4v) is 4.65. The van der Waals surface area contributed by atoms with E-state index in [-0.39, 0.29) is 47.2 Å². The number of carboxylic acids is 1. The molecule has 1 aromatic heterocycles. The van der Waals surface area contributed by atoms with Gasteiger partial charge in [-0.15, -0.1) is 0 Å². The molecule has 1 aliphatic carbocycles. The van der Waals surface area contributed by atoms with Gasteiger partial charge in [-0.2, -0.15) is 0 Å². The van der Waals surface area contributed by atoms with Gasteiger partial charge in [0.15, 0.2) is 15.7 Å². The summed E-state index contributed by atoms with van der Waals surface area (Å²) < 4.78 is 54.6. The maximum absolute atomic E-state index is 15.3. The summed E-state index contributed by atoms with van der Waals surface area (Å²) in [4.78, 5) is 25.1. The van der Waals surface area contributed by atoms with Crippen molar-refractivity contribution in [2.24, 2.45) is 0 Å². The van der Waals surface area contributed by atoms with E-state index in [4.69, 9.17) is 0 Å². The van der Waals surface area contributed by atoms with Crippen LogP contribution in [0, 0.1) is 11.6 Å². The lowest BCUT2D eigenvalue weighted by Crippen LogP contribution is -2.41. The third kappa shape index (κ3) is 2.97. The van der Waals surface area contributed by atoms with E-state index in [1.54, 1.807) is 0 Å². The highest BCUT2D eigenvalue weighted by Crippen LogP contribution is 2.39. The number of aromatic carboxylic acids is 1. The SMILES string of the molecule is O=C(O)c1cn(C2CC2)c2c(F)c(N3CCS(=O)(=O)CC3)c(F)cc2c1=O. The molecule has 0 radical (unpaired) electrons. The van der Waals surface area contributed by atoms with Crippen molar-refractivity contribution in [1.82, 2.24) is 4.57 Å². The van der Waals surface area contributed by atoms with Gasteiger partial charge in [0.25, 0.3) is 0 Å². The summed E-state index contributed by atoms with van der Waals surface area (Å²) in [5.41, 5.74) is -2.00. The van der Waals surface area contributed by atoms with Gasteiger partial charge in [-0.25, -0.2) is 22.0 Å². The highest BCUT2D eigenvalue weighted by Gasteiger charge is 2.32. The zero-order valence-corrected chi connectivity index (χ0v) is 14.9. The van der Waals surface area contributed by atoms with Crippen LogP contribution in [-0.4, -0.2) is 48.7 Å². The minimum Gasteiger partial charge on any atom is -0.477 e. The molecule has 0 amide bonds. The van der Waals surface area contributed by atoms with Crippen molar-refractivity contribution in [3.8, 4) is 0 Å². The Balaban J connectivity index is 1.96. The molecule has 2 aromatic rings. The number of nitrogens with zero attached hydrogens (tertiary/aromatic N) is 2. The second kappa shape index (κ2) is 6.01. The Morgan fingerprint density at radius 3 is 2.37 bits per heavy atom. The Labute approximate surface area is 152 Å². The first-order chi connectivity index (χ1) is 12.7. The molecule has 144 valence electrons. The van der Waals surface area contributed by atoms with Crippen molar-refractivity contribution in [3.63, 3.8) is 0 Å². The number of pyridine rings is 1. The molecule has 0 atom stereocenters. The van der Waals surface area contributed by atoms with Crippen molar-refractivity contribution >= 4 is 32.4 Å². The second-order valence-electron chi connectivity index (χ2n) is 6.87. The van der Waals surface area contributed by atoms with Crippen LogP contribution in [0.2, 0.25) is 0 Å². The van der Waals surface area contributed by atoms with Gasteiger partial charge in [0.1, 0.15) is 17.1 Å². The lowest BCUT2D eigenvalue weighted by molar-refractivity contribution is 0.0694. The predicted octanol–water partition coefficient (Wildman–Crippen LogP) is 1.55. The number of benzene rings is 1. The molecule has 10 heteroatoms. The van der Waals surface area contributed by atoms with Crippen molar-refractivity contribution in [2.75, 3.05) is 29.5 Å². The smallest absolute Gasteiger partial charge is 0.341 e. The Kier molecular flexibility index (Phi) is 3.99. The minimum atomic E-state index is -3.23. The van der Waals surface area contributed by atoms with Crippen LogP contribution in [0.15, 0.2) is 17.1 Å². The second-order valence-corrected chi connectivity index (χ2v) is 9.18. The highest BCUT2D eigenvalue weighted by atomic mass is 32.2. The summed E-state index contributed by atoms with van der Waals surface area (Å²) in [6, 6.07) is 0.700. The normalized spacial score (nSPS) is 19.4. The lowest BCUT2D eigenvalue weighted by atomic mass is 10.1. The third-order valence-corrected chi connectivity index (χ3v) is 6.62. The first kappa shape index (κ1) is 17.9. The molecule has 2 aliphatic rings. The molecule has 2 fully saturated rings. The van der Waals surface area contributed by atoms with Crippen LogP contribution >= 0.6 is 0 Å². The number of hydrogen-bond donors (Lipinski definition) is 1. The van der Waals surface area contributed by atoms with Gasteiger partial charge in [-0.3, -0.25) is 4.79 Å². The van der Waals surface area contributed by atoms with Crippen LogP contribution in [-0.2, 0) is 9.84 Å². The number of hydrogen-bond acceptors (Lipinski definition) is 5. The lowest BCUT2D eigenvalue weighted by Gasteiger charge is -2.30. The molecule has 7 nitrogen and oxygen atoms in total. The van der Waals surface area contributed by atoms with Crippen molar-refractivity contribution < 1.29 is 27.1 Å². The van der Waals surface area contributed by atoms with Crippen LogP contribution < -0.4 is 10.3 Å². The third-order valence-electron chi connectivity index (χ3n) is 5.02. The molecule has 2 heterocycles. The van der Waals surface area contributed by atoms with E-state index in [0.717, 1.165) is 12.3 Å². The molecule has 1 aromatic carbocycles. The van der Waals surface area contributed by atoms with Gasteiger partial charge in [0.2, 0.25) is 5.43 Å². The van der Waals surface area contributed by atoms with E-state index in [9.17, 15) is 27.5 Å². The first-order valence-corrected chi connectivity index (χ1v) is 10.3.